The molecular formula is C20H21ClN2O5. The van der Waals surface area contributed by atoms with Gasteiger partial charge in [-0.3, -0.25) is 14.9 Å². The maximum Gasteiger partial charge on any atom is 0.340 e. The zero-order valence-electron chi connectivity index (χ0n) is 16.0. The van der Waals surface area contributed by atoms with Crippen molar-refractivity contribution in [3.63, 3.8) is 0 Å². The van der Waals surface area contributed by atoms with Gasteiger partial charge < -0.3 is 10.1 Å². The van der Waals surface area contributed by atoms with E-state index in [9.17, 15) is 19.7 Å². The lowest BCUT2D eigenvalue weighted by atomic mass is 9.98. The Hall–Kier alpha value is -2.93. The van der Waals surface area contributed by atoms with Gasteiger partial charge in [0.25, 0.3) is 11.6 Å². The van der Waals surface area contributed by atoms with Crippen LogP contribution < -0.4 is 5.32 Å². The van der Waals surface area contributed by atoms with E-state index < -0.39 is 22.9 Å². The number of amides is 1. The van der Waals surface area contributed by atoms with Gasteiger partial charge in [-0.1, -0.05) is 43.6 Å². The molecule has 0 heterocycles. The van der Waals surface area contributed by atoms with Crippen LogP contribution in [0.25, 0.3) is 0 Å². The largest absolute Gasteiger partial charge is 0.449 e. The highest BCUT2D eigenvalue weighted by molar-refractivity contribution is 6.33. The van der Waals surface area contributed by atoms with Gasteiger partial charge in [-0.05, 0) is 37.0 Å². The summed E-state index contributed by atoms with van der Waals surface area (Å²) in [6.45, 7) is 7.32. The Morgan fingerprint density at radius 2 is 1.86 bits per heavy atom. The van der Waals surface area contributed by atoms with Crippen molar-refractivity contribution < 1.29 is 19.2 Å². The van der Waals surface area contributed by atoms with Gasteiger partial charge in [0.15, 0.2) is 6.10 Å². The van der Waals surface area contributed by atoms with Crippen LogP contribution >= 0.6 is 11.6 Å². The number of nitrogens with zero attached hydrogens (tertiary/aromatic N) is 1. The smallest absolute Gasteiger partial charge is 0.340 e. The zero-order chi connectivity index (χ0) is 21.0. The average Bonchev–Trinajstić information content (AvgIpc) is 2.62. The lowest BCUT2D eigenvalue weighted by molar-refractivity contribution is -0.384. The van der Waals surface area contributed by atoms with Crippen molar-refractivity contribution in [2.24, 2.45) is 0 Å². The Labute approximate surface area is 167 Å². The summed E-state index contributed by atoms with van der Waals surface area (Å²) in [6, 6.07) is 9.15. The van der Waals surface area contributed by atoms with Gasteiger partial charge in [0, 0.05) is 17.8 Å². The maximum absolute atomic E-state index is 12.5. The molecule has 1 amide bonds. The van der Waals surface area contributed by atoms with Crippen molar-refractivity contribution in [1.82, 2.24) is 0 Å². The minimum absolute atomic E-state index is 0.00389. The fraction of sp³-hybridized carbons (Fsp3) is 0.300. The van der Waals surface area contributed by atoms with Gasteiger partial charge in [-0.25, -0.2) is 4.79 Å². The average molecular weight is 405 g/mol. The third-order valence-corrected chi connectivity index (χ3v) is 4.54. The number of anilines is 1. The fourth-order valence-electron chi connectivity index (χ4n) is 2.63. The van der Waals surface area contributed by atoms with Gasteiger partial charge in [-0.15, -0.1) is 0 Å². The van der Waals surface area contributed by atoms with Crippen LogP contribution in [0.3, 0.4) is 0 Å². The Kier molecular flexibility index (Phi) is 6.75. The second-order valence-corrected chi connectivity index (χ2v) is 7.06. The molecule has 28 heavy (non-hydrogen) atoms. The van der Waals surface area contributed by atoms with Gasteiger partial charge in [-0.2, -0.15) is 0 Å². The molecule has 1 unspecified atom stereocenters. The van der Waals surface area contributed by atoms with Crippen molar-refractivity contribution in [2.45, 2.75) is 39.7 Å². The predicted molar refractivity (Wildman–Crippen MR) is 107 cm³/mol. The molecule has 7 nitrogen and oxygen atoms in total. The molecule has 0 spiro atoms. The molecule has 0 aliphatic carbocycles. The number of rotatable bonds is 6. The van der Waals surface area contributed by atoms with E-state index in [1.54, 1.807) is 0 Å². The lowest BCUT2D eigenvalue weighted by Gasteiger charge is -2.19. The van der Waals surface area contributed by atoms with Crippen molar-refractivity contribution >= 4 is 34.9 Å². The van der Waals surface area contributed by atoms with Crippen LogP contribution in [0, 0.1) is 17.0 Å². The van der Waals surface area contributed by atoms with Crippen LogP contribution in [-0.2, 0) is 9.53 Å². The van der Waals surface area contributed by atoms with E-state index in [0.717, 1.165) is 17.2 Å². The van der Waals surface area contributed by atoms with Crippen LogP contribution in [0.5, 0.6) is 0 Å². The number of non-ortho nitro benzene ring substituents is 1. The van der Waals surface area contributed by atoms with E-state index in [1.807, 2.05) is 39.0 Å². The maximum atomic E-state index is 12.5. The summed E-state index contributed by atoms with van der Waals surface area (Å²) in [6.07, 6.45) is -1.12. The van der Waals surface area contributed by atoms with E-state index in [4.69, 9.17) is 16.3 Å². The summed E-state index contributed by atoms with van der Waals surface area (Å²) in [5, 5.41) is 13.7. The first-order valence-corrected chi connectivity index (χ1v) is 9.05. The lowest BCUT2D eigenvalue weighted by Crippen LogP contribution is -2.30. The molecule has 1 atom stereocenters. The quantitative estimate of drug-likeness (QED) is 0.421. The molecule has 0 radical (unpaired) electrons. The van der Waals surface area contributed by atoms with E-state index in [2.05, 4.69) is 5.32 Å². The van der Waals surface area contributed by atoms with Crippen LogP contribution in [-0.4, -0.2) is 22.9 Å². The molecule has 1 N–H and O–H groups in total. The first-order valence-electron chi connectivity index (χ1n) is 8.67. The minimum atomic E-state index is -1.12. The van der Waals surface area contributed by atoms with E-state index in [0.29, 0.717) is 5.69 Å². The number of nitro benzene ring substituents is 1. The number of hydrogen-bond acceptors (Lipinski definition) is 5. The molecule has 0 aliphatic rings. The van der Waals surface area contributed by atoms with Crippen LogP contribution in [0.15, 0.2) is 36.4 Å². The Morgan fingerprint density at radius 3 is 2.46 bits per heavy atom. The zero-order valence-corrected chi connectivity index (χ0v) is 16.7. The first kappa shape index (κ1) is 21.4. The van der Waals surface area contributed by atoms with Crippen LogP contribution in [0.4, 0.5) is 11.4 Å². The number of ether oxygens (including phenoxy) is 1. The number of carbonyl (C=O) groups is 2. The summed E-state index contributed by atoms with van der Waals surface area (Å²) in [5.74, 6) is -1.23. The molecule has 0 saturated carbocycles. The number of hydrogen-bond donors (Lipinski definition) is 1. The van der Waals surface area contributed by atoms with Gasteiger partial charge in [0.05, 0.1) is 15.5 Å². The summed E-state index contributed by atoms with van der Waals surface area (Å²) >= 11 is 5.94. The number of nitrogens with one attached hydrogen (secondary N) is 1. The first-order chi connectivity index (χ1) is 13.1. The second-order valence-electron chi connectivity index (χ2n) is 6.65. The number of para-hydroxylation sites is 1. The normalized spacial score (nSPS) is 11.8. The number of benzene rings is 2. The van der Waals surface area contributed by atoms with Gasteiger partial charge in [0.1, 0.15) is 0 Å². The number of halogens is 1. The topological polar surface area (TPSA) is 98.5 Å². The number of esters is 1. The molecule has 0 fully saturated rings. The van der Waals surface area contributed by atoms with E-state index >= 15 is 0 Å². The molecular weight excluding hydrogens is 384 g/mol. The molecule has 2 aromatic rings. The molecule has 148 valence electrons. The molecule has 2 aromatic carbocycles. The third-order valence-electron chi connectivity index (χ3n) is 4.21. The Balaban J connectivity index is 2.17. The number of nitro groups is 1. The van der Waals surface area contributed by atoms with Crippen LogP contribution in [0.2, 0.25) is 5.02 Å². The Morgan fingerprint density at radius 1 is 1.18 bits per heavy atom. The highest BCUT2D eigenvalue weighted by atomic mass is 35.5. The van der Waals surface area contributed by atoms with E-state index in [1.165, 1.54) is 19.1 Å². The fourth-order valence-corrected chi connectivity index (χ4v) is 2.82. The standard InChI is InChI=1S/C20H21ClN2O5/c1-11(2)15-7-5-6-12(3)18(15)22-19(24)13(4)28-20(25)16-10-14(23(26)27)8-9-17(16)21/h5-11,13H,1-4H3,(H,22,24). The molecule has 0 aromatic heterocycles. The summed E-state index contributed by atoms with van der Waals surface area (Å²) in [4.78, 5) is 35.1. The number of aryl methyl sites for hydroxylation is 1. The number of carbonyl (C=O) groups excluding carboxylic acids is 2. The summed E-state index contributed by atoms with van der Waals surface area (Å²) in [7, 11) is 0. The molecule has 0 saturated heterocycles. The van der Waals surface area contributed by atoms with Crippen molar-refractivity contribution in [1.29, 1.82) is 0 Å². The molecule has 0 bridgehead atoms. The molecule has 2 rings (SSSR count). The second kappa shape index (κ2) is 8.84. The highest BCUT2D eigenvalue weighted by Crippen LogP contribution is 2.28. The van der Waals surface area contributed by atoms with Gasteiger partial charge in [0.2, 0.25) is 0 Å². The SMILES string of the molecule is Cc1cccc(C(C)C)c1NC(=O)C(C)OC(=O)c1cc([N+](=O)[O-])ccc1Cl. The predicted octanol–water partition coefficient (Wildman–Crippen LogP) is 4.86. The van der Waals surface area contributed by atoms with Crippen molar-refractivity contribution in [2.75, 3.05) is 5.32 Å². The van der Waals surface area contributed by atoms with Crippen LogP contribution in [0.1, 0.15) is 48.2 Å². The molecule has 0 aliphatic heterocycles. The summed E-state index contributed by atoms with van der Waals surface area (Å²) in [5.41, 5.74) is 2.07. The van der Waals surface area contributed by atoms with Crippen molar-refractivity contribution in [3.8, 4) is 0 Å². The monoisotopic (exact) mass is 404 g/mol. The van der Waals surface area contributed by atoms with Crippen molar-refractivity contribution in [3.05, 3.63) is 68.2 Å². The molecule has 8 heteroatoms. The third kappa shape index (κ3) is 4.86. The minimum Gasteiger partial charge on any atom is -0.449 e. The summed E-state index contributed by atoms with van der Waals surface area (Å²) < 4.78 is 5.17. The van der Waals surface area contributed by atoms with E-state index in [-0.39, 0.29) is 22.2 Å². The van der Waals surface area contributed by atoms with Gasteiger partial charge >= 0.3 is 5.97 Å². The highest BCUT2D eigenvalue weighted by Gasteiger charge is 2.24. The Bertz CT molecular complexity index is 927.